The van der Waals surface area contributed by atoms with E-state index in [4.69, 9.17) is 4.74 Å². The predicted octanol–water partition coefficient (Wildman–Crippen LogP) is 3.64. The minimum Gasteiger partial charge on any atom is -0.593 e. The largest absolute Gasteiger partial charge is 0.593 e. The molecule has 0 amide bonds. The van der Waals surface area contributed by atoms with E-state index in [0.29, 0.717) is 55.3 Å². The number of carbonyl (C=O) groups excluding carboxylic acids is 1. The molecule has 1 fully saturated rings. The van der Waals surface area contributed by atoms with E-state index in [0.717, 1.165) is 29.3 Å². The molecule has 3 atom stereocenters. The Labute approximate surface area is 240 Å². The molecule has 3 aliphatic rings. The number of pyridine rings is 2. The Bertz CT molecular complexity index is 1600. The van der Waals surface area contributed by atoms with Crippen LogP contribution in [-0.4, -0.2) is 67.7 Å². The quantitative estimate of drug-likeness (QED) is 0.264. The fraction of sp³-hybridized carbons (Fsp3) is 0.333. The van der Waals surface area contributed by atoms with Gasteiger partial charge in [0.25, 0.3) is 0 Å². The van der Waals surface area contributed by atoms with E-state index in [9.17, 15) is 13.7 Å². The third-order valence-corrected chi connectivity index (χ3v) is 9.99. The van der Waals surface area contributed by atoms with Gasteiger partial charge in [0.05, 0.1) is 47.9 Å². The Morgan fingerprint density at radius 1 is 1.15 bits per heavy atom. The molecule has 3 unspecified atom stereocenters. The molecule has 5 heterocycles. The van der Waals surface area contributed by atoms with Crippen LogP contribution in [0.25, 0.3) is 5.69 Å². The molecule has 0 saturated carbocycles. The average Bonchev–Trinajstić information content (AvgIpc) is 3.41. The van der Waals surface area contributed by atoms with Crippen LogP contribution in [0.4, 0.5) is 10.2 Å². The number of anilines is 1. The Morgan fingerprint density at radius 2 is 2.00 bits per heavy atom. The maximum Gasteiger partial charge on any atom is 0.196 e. The van der Waals surface area contributed by atoms with Crippen molar-refractivity contribution in [3.05, 3.63) is 89.9 Å². The second-order valence-electron chi connectivity index (χ2n) is 10.9. The Morgan fingerprint density at radius 3 is 2.80 bits per heavy atom. The zero-order valence-electron chi connectivity index (χ0n) is 22.6. The summed E-state index contributed by atoms with van der Waals surface area (Å²) in [5.74, 6) is 0.999. The van der Waals surface area contributed by atoms with Gasteiger partial charge in [-0.1, -0.05) is 6.07 Å². The van der Waals surface area contributed by atoms with Gasteiger partial charge in [0, 0.05) is 31.5 Å². The zero-order valence-corrected chi connectivity index (χ0v) is 23.4. The van der Waals surface area contributed by atoms with Gasteiger partial charge < -0.3 is 14.2 Å². The van der Waals surface area contributed by atoms with Crippen molar-refractivity contribution in [2.45, 2.75) is 24.2 Å². The molecule has 7 rings (SSSR count). The lowest BCUT2D eigenvalue weighted by Gasteiger charge is -2.48. The Hall–Kier alpha value is -3.80. The number of piperidine rings is 1. The van der Waals surface area contributed by atoms with Crippen LogP contribution in [-0.2, 0) is 24.2 Å². The fourth-order valence-electron chi connectivity index (χ4n) is 6.43. The number of halogens is 1. The molecule has 0 radical (unpaired) electrons. The SMILES string of the molecule is CN1CCOc2cc([S+]([O-])N3CCC4Cc5c(cnn5-c5ccc(F)cc5)CC4(C(=O)c4ccccn4)C3)cnc21. The van der Waals surface area contributed by atoms with Crippen LogP contribution >= 0.6 is 0 Å². The first-order valence-electron chi connectivity index (χ1n) is 13.7. The van der Waals surface area contributed by atoms with Gasteiger partial charge in [-0.3, -0.25) is 9.78 Å². The van der Waals surface area contributed by atoms with Crippen LogP contribution in [0.3, 0.4) is 0 Å². The lowest BCUT2D eigenvalue weighted by molar-refractivity contribution is 0.0394. The second kappa shape index (κ2) is 10.2. The standard InChI is InChI=1S/C30H29FN6O3S/c1-35-12-13-40-27-15-24(18-33-29(27)35)41(39)36-11-9-21-14-26-20(17-34-37(26)23-7-5-22(31)6-8-23)16-30(21,19-36)28(38)25-4-2-3-10-32-25/h2-8,10,15,17-18,21H,9,11-14,16,19H2,1H3. The maximum absolute atomic E-state index is 14.3. The summed E-state index contributed by atoms with van der Waals surface area (Å²) < 4.78 is 37.1. The Balaban J connectivity index is 1.24. The molecule has 0 spiro atoms. The minimum absolute atomic E-state index is 0.00713. The van der Waals surface area contributed by atoms with Crippen LogP contribution < -0.4 is 9.64 Å². The maximum atomic E-state index is 14.3. The first-order valence-corrected chi connectivity index (χ1v) is 14.8. The number of benzene rings is 1. The van der Waals surface area contributed by atoms with Gasteiger partial charge in [0.1, 0.15) is 18.1 Å². The van der Waals surface area contributed by atoms with Crippen LogP contribution in [0, 0.1) is 17.2 Å². The molecule has 41 heavy (non-hydrogen) atoms. The molecule has 210 valence electrons. The van der Waals surface area contributed by atoms with Gasteiger partial charge in [0.2, 0.25) is 0 Å². The smallest absolute Gasteiger partial charge is 0.196 e. The van der Waals surface area contributed by atoms with Crippen molar-refractivity contribution in [1.29, 1.82) is 0 Å². The number of aromatic nitrogens is 4. The summed E-state index contributed by atoms with van der Waals surface area (Å²) in [6, 6.07) is 13.4. The van der Waals surface area contributed by atoms with Crippen LogP contribution in [0.15, 0.2) is 72.0 Å². The van der Waals surface area contributed by atoms with Crippen LogP contribution in [0.2, 0.25) is 0 Å². The highest BCUT2D eigenvalue weighted by Gasteiger charge is 2.55. The highest BCUT2D eigenvalue weighted by Crippen LogP contribution is 2.48. The zero-order chi connectivity index (χ0) is 28.1. The summed E-state index contributed by atoms with van der Waals surface area (Å²) in [5, 5.41) is 4.64. The molecule has 1 aromatic carbocycles. The fourth-order valence-corrected chi connectivity index (χ4v) is 7.70. The van der Waals surface area contributed by atoms with E-state index in [1.807, 2.05) is 27.0 Å². The van der Waals surface area contributed by atoms with E-state index >= 15 is 0 Å². The number of carbonyl (C=O) groups is 1. The summed E-state index contributed by atoms with van der Waals surface area (Å²) in [5.41, 5.74) is 2.36. The van der Waals surface area contributed by atoms with Gasteiger partial charge in [-0.25, -0.2) is 14.1 Å². The highest BCUT2D eigenvalue weighted by atomic mass is 32.2. The lowest BCUT2D eigenvalue weighted by Crippen LogP contribution is -2.57. The number of nitrogens with zero attached hydrogens (tertiary/aromatic N) is 6. The van der Waals surface area contributed by atoms with Crippen molar-refractivity contribution in [2.24, 2.45) is 11.3 Å². The summed E-state index contributed by atoms with van der Waals surface area (Å²) in [6.45, 7) is 2.17. The Kier molecular flexibility index (Phi) is 6.52. The molecule has 0 bridgehead atoms. The van der Waals surface area contributed by atoms with Gasteiger partial charge in [-0.2, -0.15) is 5.10 Å². The molecule has 11 heteroatoms. The average molecular weight is 573 g/mol. The van der Waals surface area contributed by atoms with Gasteiger partial charge >= 0.3 is 0 Å². The van der Waals surface area contributed by atoms with Crippen molar-refractivity contribution in [3.63, 3.8) is 0 Å². The van der Waals surface area contributed by atoms with Crippen molar-refractivity contribution in [3.8, 4) is 11.4 Å². The van der Waals surface area contributed by atoms with E-state index < -0.39 is 16.8 Å². The number of likely N-dealkylation sites (N-methyl/N-ethyl adjacent to an activating group) is 1. The molecule has 3 aromatic heterocycles. The molecular formula is C30H29FN6O3S. The van der Waals surface area contributed by atoms with E-state index in [2.05, 4.69) is 15.1 Å². The van der Waals surface area contributed by atoms with E-state index in [-0.39, 0.29) is 17.5 Å². The molecule has 0 N–H and O–H groups in total. The number of fused-ring (bicyclic) bond motifs is 3. The van der Waals surface area contributed by atoms with Crippen molar-refractivity contribution in [2.75, 3.05) is 38.2 Å². The first-order chi connectivity index (χ1) is 19.9. The van der Waals surface area contributed by atoms with Crippen molar-refractivity contribution < 1.29 is 18.5 Å². The third kappa shape index (κ3) is 4.48. The molecule has 4 aromatic rings. The predicted molar refractivity (Wildman–Crippen MR) is 151 cm³/mol. The first kappa shape index (κ1) is 26.1. The van der Waals surface area contributed by atoms with Crippen LogP contribution in [0.1, 0.15) is 28.2 Å². The number of ether oxygens (including phenoxy) is 1. The van der Waals surface area contributed by atoms with Crippen LogP contribution in [0.5, 0.6) is 5.75 Å². The summed E-state index contributed by atoms with van der Waals surface area (Å²) >= 11 is -1.53. The molecule has 1 aliphatic carbocycles. The molecule has 1 saturated heterocycles. The number of Topliss-reactive ketones (excluding diaryl/α,β-unsaturated/α-hetero) is 1. The number of hydrogen-bond acceptors (Lipinski definition) is 8. The third-order valence-electron chi connectivity index (χ3n) is 8.58. The summed E-state index contributed by atoms with van der Waals surface area (Å²) in [4.78, 5) is 25.8. The normalized spacial score (nSPS) is 22.7. The minimum atomic E-state index is -1.53. The van der Waals surface area contributed by atoms with Crippen molar-refractivity contribution in [1.82, 2.24) is 24.1 Å². The monoisotopic (exact) mass is 572 g/mol. The number of hydrogen-bond donors (Lipinski definition) is 0. The number of rotatable bonds is 5. The summed E-state index contributed by atoms with van der Waals surface area (Å²) in [6.07, 6.45) is 6.84. The topological polar surface area (TPSA) is 99.4 Å². The van der Waals surface area contributed by atoms with E-state index in [1.165, 1.54) is 12.1 Å². The second-order valence-corrected chi connectivity index (χ2v) is 12.4. The van der Waals surface area contributed by atoms with Gasteiger partial charge in [-0.05, 0) is 67.1 Å². The molecular weight excluding hydrogens is 543 g/mol. The van der Waals surface area contributed by atoms with Gasteiger partial charge in [-0.15, -0.1) is 4.31 Å². The summed E-state index contributed by atoms with van der Waals surface area (Å²) in [7, 11) is 1.96. The van der Waals surface area contributed by atoms with Gasteiger partial charge in [0.15, 0.2) is 22.2 Å². The number of ketones is 1. The van der Waals surface area contributed by atoms with E-state index in [1.54, 1.807) is 48.9 Å². The van der Waals surface area contributed by atoms with Crippen molar-refractivity contribution >= 4 is 23.0 Å². The lowest BCUT2D eigenvalue weighted by atomic mass is 9.60. The molecule has 2 aliphatic heterocycles. The molecule has 9 nitrogen and oxygen atoms in total. The highest BCUT2D eigenvalue weighted by molar-refractivity contribution is 7.89.